The highest BCUT2D eigenvalue weighted by molar-refractivity contribution is 5.90. The van der Waals surface area contributed by atoms with Crippen LogP contribution in [0.5, 0.6) is 0 Å². The molecule has 4 nitrogen and oxygen atoms in total. The molecule has 2 amide bonds. The molecular weight excluding hydrogens is 252 g/mol. The van der Waals surface area contributed by atoms with Gasteiger partial charge >= 0.3 is 6.03 Å². The van der Waals surface area contributed by atoms with Gasteiger partial charge in [0, 0.05) is 5.69 Å². The third-order valence-corrected chi connectivity index (χ3v) is 3.39. The highest BCUT2D eigenvalue weighted by Crippen LogP contribution is 2.19. The monoisotopic (exact) mass is 272 g/mol. The molecular formula is C16H20N2O2. The maximum absolute atomic E-state index is 12.0. The summed E-state index contributed by atoms with van der Waals surface area (Å²) in [6.45, 7) is 7.78. The summed E-state index contributed by atoms with van der Waals surface area (Å²) in [5.74, 6) is 1.59. The van der Waals surface area contributed by atoms with Crippen LogP contribution in [0, 0.1) is 20.8 Å². The molecule has 106 valence electrons. The van der Waals surface area contributed by atoms with E-state index in [0.29, 0.717) is 0 Å². The van der Waals surface area contributed by atoms with Gasteiger partial charge in [0.15, 0.2) is 0 Å². The van der Waals surface area contributed by atoms with Crippen molar-refractivity contribution in [2.75, 3.05) is 5.32 Å². The van der Waals surface area contributed by atoms with Gasteiger partial charge in [0.1, 0.15) is 11.5 Å². The van der Waals surface area contributed by atoms with Crippen LogP contribution in [-0.4, -0.2) is 6.03 Å². The first-order chi connectivity index (χ1) is 9.47. The summed E-state index contributed by atoms with van der Waals surface area (Å²) in [5, 5.41) is 5.73. The molecule has 0 bridgehead atoms. The summed E-state index contributed by atoms with van der Waals surface area (Å²) in [6, 6.07) is 9.19. The number of amides is 2. The Kier molecular flexibility index (Phi) is 4.13. The first kappa shape index (κ1) is 14.2. The second-order valence-corrected chi connectivity index (χ2v) is 5.02. The van der Waals surface area contributed by atoms with Crippen LogP contribution in [0.15, 0.2) is 34.7 Å². The molecule has 0 unspecified atom stereocenters. The molecule has 0 spiro atoms. The maximum Gasteiger partial charge on any atom is 0.319 e. The Bertz CT molecular complexity index is 617. The standard InChI is InChI=1S/C16H20N2O2/c1-10-6-5-7-14(12(10)3)18-16(19)17-13(4)15-9-8-11(2)20-15/h5-9,13H,1-4H3,(H2,17,18,19)/t13-/m0/s1. The summed E-state index contributed by atoms with van der Waals surface area (Å²) in [4.78, 5) is 12.0. The normalized spacial score (nSPS) is 12.0. The zero-order valence-electron chi connectivity index (χ0n) is 12.3. The fraction of sp³-hybridized carbons (Fsp3) is 0.312. The number of nitrogens with one attached hydrogen (secondary N) is 2. The molecule has 0 saturated heterocycles. The Hall–Kier alpha value is -2.23. The number of aryl methyl sites for hydroxylation is 2. The molecule has 0 aliphatic carbocycles. The number of furan rings is 1. The Balaban J connectivity index is 2.00. The van der Waals surface area contributed by atoms with E-state index in [2.05, 4.69) is 10.6 Å². The summed E-state index contributed by atoms with van der Waals surface area (Å²) < 4.78 is 5.50. The Morgan fingerprint density at radius 3 is 2.55 bits per heavy atom. The Morgan fingerprint density at radius 1 is 1.15 bits per heavy atom. The van der Waals surface area contributed by atoms with E-state index in [1.54, 1.807) is 0 Å². The number of urea groups is 1. The first-order valence-electron chi connectivity index (χ1n) is 6.67. The van der Waals surface area contributed by atoms with E-state index in [1.165, 1.54) is 0 Å². The third kappa shape index (κ3) is 3.20. The Morgan fingerprint density at radius 2 is 1.90 bits per heavy atom. The number of carbonyl (C=O) groups is 1. The molecule has 2 N–H and O–H groups in total. The fourth-order valence-corrected chi connectivity index (χ4v) is 2.00. The summed E-state index contributed by atoms with van der Waals surface area (Å²) in [7, 11) is 0. The van der Waals surface area contributed by atoms with Crippen LogP contribution >= 0.6 is 0 Å². The largest absolute Gasteiger partial charge is 0.464 e. The van der Waals surface area contributed by atoms with Crippen LogP contribution in [0.3, 0.4) is 0 Å². The molecule has 2 rings (SSSR count). The first-order valence-corrected chi connectivity index (χ1v) is 6.67. The molecule has 0 radical (unpaired) electrons. The molecule has 0 aliphatic heterocycles. The van der Waals surface area contributed by atoms with Crippen LogP contribution in [0.1, 0.15) is 35.6 Å². The van der Waals surface area contributed by atoms with Crippen molar-refractivity contribution < 1.29 is 9.21 Å². The van der Waals surface area contributed by atoms with Crippen LogP contribution in [0.25, 0.3) is 0 Å². The molecule has 1 aromatic carbocycles. The highest BCUT2D eigenvalue weighted by Gasteiger charge is 2.13. The van der Waals surface area contributed by atoms with E-state index >= 15 is 0 Å². The van der Waals surface area contributed by atoms with E-state index in [0.717, 1.165) is 28.3 Å². The van der Waals surface area contributed by atoms with Gasteiger partial charge in [0.25, 0.3) is 0 Å². The van der Waals surface area contributed by atoms with Gasteiger partial charge in [-0.25, -0.2) is 4.79 Å². The lowest BCUT2D eigenvalue weighted by Crippen LogP contribution is -2.31. The number of hydrogen-bond donors (Lipinski definition) is 2. The predicted octanol–water partition coefficient (Wildman–Crippen LogP) is 4.09. The van der Waals surface area contributed by atoms with Gasteiger partial charge in [0.05, 0.1) is 6.04 Å². The molecule has 4 heteroatoms. The fourth-order valence-electron chi connectivity index (χ4n) is 2.00. The van der Waals surface area contributed by atoms with Crippen LogP contribution in [-0.2, 0) is 0 Å². The molecule has 1 aromatic heterocycles. The highest BCUT2D eigenvalue weighted by atomic mass is 16.3. The summed E-state index contributed by atoms with van der Waals surface area (Å²) in [5.41, 5.74) is 3.05. The third-order valence-electron chi connectivity index (χ3n) is 3.39. The van der Waals surface area contributed by atoms with E-state index in [1.807, 2.05) is 58.0 Å². The van der Waals surface area contributed by atoms with E-state index in [9.17, 15) is 4.79 Å². The molecule has 1 atom stereocenters. The van der Waals surface area contributed by atoms with Crippen LogP contribution in [0.4, 0.5) is 10.5 Å². The van der Waals surface area contributed by atoms with Crippen molar-refractivity contribution in [3.8, 4) is 0 Å². The van der Waals surface area contributed by atoms with Crippen LogP contribution in [0.2, 0.25) is 0 Å². The van der Waals surface area contributed by atoms with E-state index < -0.39 is 0 Å². The van der Waals surface area contributed by atoms with Crippen molar-refractivity contribution in [1.82, 2.24) is 5.32 Å². The predicted molar refractivity (Wildman–Crippen MR) is 79.9 cm³/mol. The number of anilines is 1. The average molecular weight is 272 g/mol. The lowest BCUT2D eigenvalue weighted by molar-refractivity contribution is 0.247. The quantitative estimate of drug-likeness (QED) is 0.884. The molecule has 20 heavy (non-hydrogen) atoms. The van der Waals surface area contributed by atoms with Crippen molar-refractivity contribution >= 4 is 11.7 Å². The maximum atomic E-state index is 12.0. The van der Waals surface area contributed by atoms with Gasteiger partial charge in [-0.1, -0.05) is 12.1 Å². The van der Waals surface area contributed by atoms with Gasteiger partial charge < -0.3 is 15.1 Å². The SMILES string of the molecule is Cc1ccc([C@H](C)NC(=O)Nc2cccc(C)c2C)o1. The molecule has 1 heterocycles. The van der Waals surface area contributed by atoms with Crippen LogP contribution < -0.4 is 10.6 Å². The van der Waals surface area contributed by atoms with Crippen molar-refractivity contribution in [3.05, 3.63) is 53.0 Å². The zero-order chi connectivity index (χ0) is 14.7. The second-order valence-electron chi connectivity index (χ2n) is 5.02. The van der Waals surface area contributed by atoms with E-state index in [-0.39, 0.29) is 12.1 Å². The van der Waals surface area contributed by atoms with Gasteiger partial charge in [-0.05, 0) is 57.0 Å². The van der Waals surface area contributed by atoms with Gasteiger partial charge in [0.2, 0.25) is 0 Å². The zero-order valence-corrected chi connectivity index (χ0v) is 12.3. The molecule has 2 aromatic rings. The minimum absolute atomic E-state index is 0.172. The van der Waals surface area contributed by atoms with Crippen molar-refractivity contribution in [2.45, 2.75) is 33.7 Å². The Labute approximate surface area is 119 Å². The van der Waals surface area contributed by atoms with E-state index in [4.69, 9.17) is 4.42 Å². The number of carbonyl (C=O) groups excluding carboxylic acids is 1. The molecule has 0 aliphatic rings. The van der Waals surface area contributed by atoms with Crippen molar-refractivity contribution in [2.24, 2.45) is 0 Å². The van der Waals surface area contributed by atoms with Gasteiger partial charge in [-0.3, -0.25) is 0 Å². The molecule has 0 fully saturated rings. The van der Waals surface area contributed by atoms with Crippen molar-refractivity contribution in [1.29, 1.82) is 0 Å². The summed E-state index contributed by atoms with van der Waals surface area (Å²) >= 11 is 0. The van der Waals surface area contributed by atoms with Crippen molar-refractivity contribution in [3.63, 3.8) is 0 Å². The molecule has 0 saturated carbocycles. The lowest BCUT2D eigenvalue weighted by atomic mass is 10.1. The average Bonchev–Trinajstić information content (AvgIpc) is 2.82. The van der Waals surface area contributed by atoms with Gasteiger partial charge in [-0.15, -0.1) is 0 Å². The number of rotatable bonds is 3. The minimum Gasteiger partial charge on any atom is -0.464 e. The minimum atomic E-state index is -0.236. The smallest absolute Gasteiger partial charge is 0.319 e. The topological polar surface area (TPSA) is 54.3 Å². The summed E-state index contributed by atoms with van der Waals surface area (Å²) in [6.07, 6.45) is 0. The van der Waals surface area contributed by atoms with Gasteiger partial charge in [-0.2, -0.15) is 0 Å². The second kappa shape index (κ2) is 5.82. The number of benzene rings is 1. The number of hydrogen-bond acceptors (Lipinski definition) is 2. The lowest BCUT2D eigenvalue weighted by Gasteiger charge is -2.14.